The van der Waals surface area contributed by atoms with E-state index < -0.39 is 15.6 Å². The van der Waals surface area contributed by atoms with E-state index in [4.69, 9.17) is 0 Å². The molecule has 1 rings (SSSR count). The summed E-state index contributed by atoms with van der Waals surface area (Å²) in [5.74, 6) is -0.600. The minimum atomic E-state index is -3.31. The molecule has 1 aromatic carbocycles. The normalized spacial score (nSPS) is 11.8. The van der Waals surface area contributed by atoms with E-state index >= 15 is 0 Å². The van der Waals surface area contributed by atoms with Crippen molar-refractivity contribution in [3.8, 4) is 0 Å². The van der Waals surface area contributed by atoms with Gasteiger partial charge in [0.2, 0.25) is 0 Å². The number of rotatable bonds is 5. The van der Waals surface area contributed by atoms with Crippen LogP contribution in [0.1, 0.15) is 35.3 Å². The van der Waals surface area contributed by atoms with Crippen molar-refractivity contribution in [2.75, 3.05) is 11.5 Å². The highest BCUT2D eigenvalue weighted by Crippen LogP contribution is 2.13. The van der Waals surface area contributed by atoms with Crippen molar-refractivity contribution >= 4 is 15.6 Å². The van der Waals surface area contributed by atoms with Crippen molar-refractivity contribution in [1.29, 1.82) is 0 Å². The maximum absolute atomic E-state index is 12.0. The molecule has 0 unspecified atom stereocenters. The second-order valence-electron chi connectivity index (χ2n) is 5.19. The van der Waals surface area contributed by atoms with Gasteiger partial charge in [0.15, 0.2) is 15.6 Å². The van der Waals surface area contributed by atoms with E-state index in [1.807, 2.05) is 39.8 Å². The Morgan fingerprint density at radius 1 is 1.22 bits per heavy atom. The van der Waals surface area contributed by atoms with Crippen molar-refractivity contribution < 1.29 is 13.2 Å². The standard InChI is InChI=1S/C14H20O3S/c1-10(2)8-18(16,17)9-14(15)13-7-11(3)5-6-12(13)4/h5-7,10H,8-9H2,1-4H3. The molecule has 1 aromatic rings. The zero-order chi connectivity index (χ0) is 13.9. The summed E-state index contributed by atoms with van der Waals surface area (Å²) in [4.78, 5) is 12.0. The van der Waals surface area contributed by atoms with Crippen LogP contribution in [0.25, 0.3) is 0 Å². The molecule has 0 N–H and O–H groups in total. The van der Waals surface area contributed by atoms with Crippen molar-refractivity contribution in [1.82, 2.24) is 0 Å². The maximum Gasteiger partial charge on any atom is 0.178 e. The Hall–Kier alpha value is -1.16. The van der Waals surface area contributed by atoms with Crippen LogP contribution >= 0.6 is 0 Å². The van der Waals surface area contributed by atoms with Gasteiger partial charge in [-0.1, -0.05) is 31.5 Å². The number of benzene rings is 1. The Morgan fingerprint density at radius 3 is 2.39 bits per heavy atom. The minimum Gasteiger partial charge on any atom is -0.293 e. The van der Waals surface area contributed by atoms with Crippen molar-refractivity contribution in [3.05, 3.63) is 34.9 Å². The summed E-state index contributed by atoms with van der Waals surface area (Å²) in [6.45, 7) is 7.38. The third-order valence-electron chi connectivity index (χ3n) is 2.63. The fraction of sp³-hybridized carbons (Fsp3) is 0.500. The van der Waals surface area contributed by atoms with Gasteiger partial charge in [-0.2, -0.15) is 0 Å². The number of carbonyl (C=O) groups excluding carboxylic acids is 1. The first kappa shape index (κ1) is 14.9. The van der Waals surface area contributed by atoms with Crippen LogP contribution in [0.2, 0.25) is 0 Å². The topological polar surface area (TPSA) is 51.2 Å². The highest BCUT2D eigenvalue weighted by molar-refractivity contribution is 7.92. The van der Waals surface area contributed by atoms with Crippen molar-refractivity contribution in [2.45, 2.75) is 27.7 Å². The monoisotopic (exact) mass is 268 g/mol. The molecule has 0 amide bonds. The predicted octanol–water partition coefficient (Wildman–Crippen LogP) is 2.56. The zero-order valence-electron chi connectivity index (χ0n) is 11.4. The van der Waals surface area contributed by atoms with E-state index in [0.717, 1.165) is 11.1 Å². The van der Waals surface area contributed by atoms with Gasteiger partial charge in [0.25, 0.3) is 0 Å². The number of sulfone groups is 1. The summed E-state index contributed by atoms with van der Waals surface area (Å²) >= 11 is 0. The summed E-state index contributed by atoms with van der Waals surface area (Å²) in [6.07, 6.45) is 0. The first-order valence-electron chi connectivity index (χ1n) is 6.02. The Kier molecular flexibility index (Phi) is 4.68. The number of aryl methyl sites for hydroxylation is 2. The third-order valence-corrected chi connectivity index (χ3v) is 4.51. The molecule has 0 spiro atoms. The van der Waals surface area contributed by atoms with Gasteiger partial charge in [0.05, 0.1) is 5.75 Å². The smallest absolute Gasteiger partial charge is 0.178 e. The predicted molar refractivity (Wildman–Crippen MR) is 73.7 cm³/mol. The molecule has 0 radical (unpaired) electrons. The number of hydrogen-bond acceptors (Lipinski definition) is 3. The lowest BCUT2D eigenvalue weighted by Crippen LogP contribution is -2.22. The summed E-state index contributed by atoms with van der Waals surface area (Å²) in [6, 6.07) is 5.51. The molecule has 0 bridgehead atoms. The van der Waals surface area contributed by atoms with Crippen LogP contribution in [0.15, 0.2) is 18.2 Å². The summed E-state index contributed by atoms with van der Waals surface area (Å²) < 4.78 is 23.6. The quantitative estimate of drug-likeness (QED) is 0.771. The summed E-state index contributed by atoms with van der Waals surface area (Å²) in [5, 5.41) is 0. The van der Waals surface area contributed by atoms with Gasteiger partial charge in [0.1, 0.15) is 5.75 Å². The lowest BCUT2D eigenvalue weighted by Gasteiger charge is -2.08. The van der Waals surface area contributed by atoms with E-state index in [-0.39, 0.29) is 17.5 Å². The average molecular weight is 268 g/mol. The molecule has 0 atom stereocenters. The minimum absolute atomic E-state index is 0.0430. The molecule has 0 saturated heterocycles. The molecular formula is C14H20O3S. The molecule has 0 heterocycles. The van der Waals surface area contributed by atoms with Crippen molar-refractivity contribution in [2.24, 2.45) is 5.92 Å². The second-order valence-corrected chi connectivity index (χ2v) is 7.30. The van der Waals surface area contributed by atoms with Crippen LogP contribution in [0.3, 0.4) is 0 Å². The number of carbonyl (C=O) groups is 1. The molecule has 18 heavy (non-hydrogen) atoms. The molecule has 100 valence electrons. The number of ketones is 1. The summed E-state index contributed by atoms with van der Waals surface area (Å²) in [5.41, 5.74) is 2.30. The molecule has 0 aliphatic carbocycles. The van der Waals surface area contributed by atoms with E-state index in [2.05, 4.69) is 0 Å². The Bertz CT molecular complexity index is 542. The fourth-order valence-corrected chi connectivity index (χ4v) is 3.57. The first-order chi connectivity index (χ1) is 8.21. The van der Waals surface area contributed by atoms with Crippen LogP contribution in [0.4, 0.5) is 0 Å². The molecule has 0 aliphatic rings. The lowest BCUT2D eigenvalue weighted by molar-refractivity contribution is 0.102. The van der Waals surface area contributed by atoms with E-state index in [1.165, 1.54) is 0 Å². The average Bonchev–Trinajstić information content (AvgIpc) is 2.18. The van der Waals surface area contributed by atoms with Crippen LogP contribution in [-0.2, 0) is 9.84 Å². The fourth-order valence-electron chi connectivity index (χ4n) is 1.88. The number of hydrogen-bond donors (Lipinski definition) is 0. The van der Waals surface area contributed by atoms with Gasteiger partial charge < -0.3 is 0 Å². The van der Waals surface area contributed by atoms with Crippen LogP contribution in [-0.4, -0.2) is 25.7 Å². The van der Waals surface area contributed by atoms with Crippen LogP contribution < -0.4 is 0 Å². The lowest BCUT2D eigenvalue weighted by atomic mass is 10.0. The van der Waals surface area contributed by atoms with E-state index in [0.29, 0.717) is 5.56 Å². The molecule has 0 aliphatic heterocycles. The van der Waals surface area contributed by atoms with Crippen LogP contribution in [0, 0.1) is 19.8 Å². The summed E-state index contributed by atoms with van der Waals surface area (Å²) in [7, 11) is -3.31. The van der Waals surface area contributed by atoms with Gasteiger partial charge in [-0.05, 0) is 31.4 Å². The van der Waals surface area contributed by atoms with Gasteiger partial charge in [-0.25, -0.2) is 8.42 Å². The molecule has 0 fully saturated rings. The molecule has 0 aromatic heterocycles. The SMILES string of the molecule is Cc1ccc(C)c(C(=O)CS(=O)(=O)CC(C)C)c1. The maximum atomic E-state index is 12.0. The van der Waals surface area contributed by atoms with Gasteiger partial charge in [-0.15, -0.1) is 0 Å². The Balaban J connectivity index is 2.92. The molecule has 4 heteroatoms. The number of Topliss-reactive ketones (excluding diaryl/α,β-unsaturated/α-hetero) is 1. The van der Waals surface area contributed by atoms with Gasteiger partial charge in [0, 0.05) is 5.56 Å². The van der Waals surface area contributed by atoms with Crippen LogP contribution in [0.5, 0.6) is 0 Å². The van der Waals surface area contributed by atoms with Gasteiger partial charge in [-0.3, -0.25) is 4.79 Å². The van der Waals surface area contributed by atoms with E-state index in [9.17, 15) is 13.2 Å². The van der Waals surface area contributed by atoms with E-state index in [1.54, 1.807) is 6.07 Å². The van der Waals surface area contributed by atoms with Crippen molar-refractivity contribution in [3.63, 3.8) is 0 Å². The highest BCUT2D eigenvalue weighted by Gasteiger charge is 2.20. The highest BCUT2D eigenvalue weighted by atomic mass is 32.2. The molecular weight excluding hydrogens is 248 g/mol. The zero-order valence-corrected chi connectivity index (χ0v) is 12.2. The van der Waals surface area contributed by atoms with Gasteiger partial charge >= 0.3 is 0 Å². The third kappa shape index (κ3) is 4.26. The Labute approximate surface area is 109 Å². The first-order valence-corrected chi connectivity index (χ1v) is 7.84. The Morgan fingerprint density at radius 2 is 1.83 bits per heavy atom. The molecule has 3 nitrogen and oxygen atoms in total. The second kappa shape index (κ2) is 5.65. The largest absolute Gasteiger partial charge is 0.293 e. The molecule has 0 saturated carbocycles.